The molecule has 18 heavy (non-hydrogen) atoms. The predicted octanol–water partition coefficient (Wildman–Crippen LogP) is 0.178. The number of alkyl halides is 3. The quantitative estimate of drug-likeness (QED) is 0.181. The van der Waals surface area contributed by atoms with E-state index in [1.54, 1.807) is 6.92 Å². The van der Waals surface area contributed by atoms with E-state index >= 15 is 0 Å². The Balaban J connectivity index is 4.45. The van der Waals surface area contributed by atoms with Crippen LogP contribution >= 0.6 is 0 Å². The van der Waals surface area contributed by atoms with Crippen LogP contribution in [0.4, 0.5) is 13.2 Å². The van der Waals surface area contributed by atoms with Crippen LogP contribution < -0.4 is 4.41 Å². The van der Waals surface area contributed by atoms with Crippen LogP contribution in [0.1, 0.15) is 6.92 Å². The number of hydrogen-bond donors (Lipinski definition) is 1. The highest BCUT2D eigenvalue weighted by atomic mass is 27.1. The van der Waals surface area contributed by atoms with Crippen LogP contribution in [0, 0.1) is 0 Å². The highest BCUT2D eigenvalue weighted by molar-refractivity contribution is 6.04. The van der Waals surface area contributed by atoms with Crippen molar-refractivity contribution in [2.24, 2.45) is 5.10 Å². The summed E-state index contributed by atoms with van der Waals surface area (Å²) in [5.41, 5.74) is -1.17. The van der Waals surface area contributed by atoms with Crippen molar-refractivity contribution in [2.75, 3.05) is 19.8 Å². The molecule has 0 saturated heterocycles. The SMILES string of the molecule is CCOCCOC(=O)/C=C(\C=N\[NH][AlH2])C(F)(F)F. The van der Waals surface area contributed by atoms with E-state index in [0.717, 1.165) is 0 Å². The summed E-state index contributed by atoms with van der Waals surface area (Å²) in [6.07, 6.45) is -3.76. The molecule has 0 saturated carbocycles. The molecule has 0 spiro atoms. The molecule has 5 nitrogen and oxygen atoms in total. The fraction of sp³-hybridized carbons (Fsp3) is 0.556. The summed E-state index contributed by atoms with van der Waals surface area (Å²) >= 11 is 0.407. The third-order valence-electron chi connectivity index (χ3n) is 1.61. The first-order valence-electron chi connectivity index (χ1n) is 5.15. The maximum atomic E-state index is 12.4. The molecule has 0 aromatic rings. The van der Waals surface area contributed by atoms with Gasteiger partial charge in [-0.1, -0.05) is 0 Å². The summed E-state index contributed by atoms with van der Waals surface area (Å²) in [6.45, 7) is 2.25. The number of allylic oxidation sites excluding steroid dienone is 1. The van der Waals surface area contributed by atoms with E-state index in [4.69, 9.17) is 4.74 Å². The standard InChI is InChI=1S/C9H13F3N2O3.Al.2H/c1-2-16-3-4-17-8(15)5-7(6-14-13)9(10,11)12;;;/h5-6H,2-4H2,1H3,(H2,13,15);;;/q;+1;;/p-1. The maximum Gasteiger partial charge on any atom is 0.418 e. The monoisotopic (exact) mass is 282 g/mol. The number of esters is 1. The van der Waals surface area contributed by atoms with E-state index in [2.05, 4.69) is 14.2 Å². The molecule has 0 amide bonds. The van der Waals surface area contributed by atoms with E-state index in [9.17, 15) is 18.0 Å². The third kappa shape index (κ3) is 8.11. The van der Waals surface area contributed by atoms with Crippen molar-refractivity contribution in [3.05, 3.63) is 11.6 Å². The Morgan fingerprint density at radius 1 is 1.44 bits per heavy atom. The van der Waals surface area contributed by atoms with Crippen molar-refractivity contribution in [3.63, 3.8) is 0 Å². The number of carbonyl (C=O) groups excluding carboxylic acids is 1. The van der Waals surface area contributed by atoms with Gasteiger partial charge in [0.05, 0.1) is 18.4 Å². The molecule has 0 aliphatic carbocycles. The van der Waals surface area contributed by atoms with Gasteiger partial charge in [0.25, 0.3) is 0 Å². The van der Waals surface area contributed by atoms with Crippen molar-refractivity contribution in [3.8, 4) is 0 Å². The summed E-state index contributed by atoms with van der Waals surface area (Å²) < 4.78 is 49.0. The van der Waals surface area contributed by atoms with Crippen LogP contribution in [0.3, 0.4) is 0 Å². The Morgan fingerprint density at radius 3 is 2.61 bits per heavy atom. The lowest BCUT2D eigenvalue weighted by atomic mass is 10.2. The summed E-state index contributed by atoms with van der Waals surface area (Å²) in [5, 5.41) is 3.27. The predicted molar refractivity (Wildman–Crippen MR) is 61.8 cm³/mol. The number of rotatable bonds is 7. The Hall–Kier alpha value is -1.04. The van der Waals surface area contributed by atoms with Gasteiger partial charge in [-0.2, -0.15) is 13.2 Å². The fourth-order valence-electron chi connectivity index (χ4n) is 0.841. The molecular weight excluding hydrogens is 268 g/mol. The number of nitrogens with one attached hydrogen (secondary N) is 1. The van der Waals surface area contributed by atoms with Crippen molar-refractivity contribution < 1.29 is 27.4 Å². The van der Waals surface area contributed by atoms with Crippen molar-refractivity contribution >= 4 is 28.7 Å². The van der Waals surface area contributed by atoms with E-state index in [0.29, 0.717) is 35.4 Å². The summed E-state index contributed by atoms with van der Waals surface area (Å²) in [7, 11) is 0. The second-order valence-electron chi connectivity index (χ2n) is 2.94. The van der Waals surface area contributed by atoms with Gasteiger partial charge in [-0.25, -0.2) is 9.90 Å². The van der Waals surface area contributed by atoms with Gasteiger partial charge in [0.1, 0.15) is 6.61 Å². The molecule has 0 unspecified atom stereocenters. The first-order chi connectivity index (χ1) is 8.41. The lowest BCUT2D eigenvalue weighted by Crippen LogP contribution is -2.17. The minimum absolute atomic E-state index is 0.0929. The Bertz CT molecular complexity index is 319. The molecule has 0 bridgehead atoms. The van der Waals surface area contributed by atoms with Crippen LogP contribution in [-0.4, -0.2) is 54.7 Å². The Kier molecular flexibility index (Phi) is 8.45. The molecule has 0 aliphatic rings. The molecule has 0 heterocycles. The molecule has 9 heteroatoms. The summed E-state index contributed by atoms with van der Waals surface area (Å²) in [5.74, 6) is -1.08. The molecule has 0 rings (SSSR count). The molecule has 0 aromatic heterocycles. The van der Waals surface area contributed by atoms with E-state index in [-0.39, 0.29) is 13.2 Å². The zero-order valence-corrected chi connectivity index (χ0v) is 12.1. The molecule has 102 valence electrons. The van der Waals surface area contributed by atoms with Gasteiger partial charge < -0.3 is 13.9 Å². The van der Waals surface area contributed by atoms with Crippen molar-refractivity contribution in [1.29, 1.82) is 0 Å². The number of hydrogen-bond acceptors (Lipinski definition) is 5. The lowest BCUT2D eigenvalue weighted by Gasteiger charge is -2.07. The summed E-state index contributed by atoms with van der Waals surface area (Å²) in [6, 6.07) is 0. The minimum atomic E-state index is -4.65. The van der Waals surface area contributed by atoms with Crippen LogP contribution in [0.2, 0.25) is 0 Å². The number of hydrazone groups is 1. The average Bonchev–Trinajstić information content (AvgIpc) is 2.28. The third-order valence-corrected chi connectivity index (χ3v) is 1.87. The van der Waals surface area contributed by atoms with Crippen LogP contribution in [0.5, 0.6) is 0 Å². The van der Waals surface area contributed by atoms with Crippen molar-refractivity contribution in [2.45, 2.75) is 13.1 Å². The molecule has 0 radical (unpaired) electrons. The molecule has 0 aromatic carbocycles. The largest absolute Gasteiger partial charge is 0.460 e. The topological polar surface area (TPSA) is 59.9 Å². The molecule has 0 atom stereocenters. The molecule has 0 fully saturated rings. The van der Waals surface area contributed by atoms with E-state index in [1.807, 2.05) is 0 Å². The maximum absolute atomic E-state index is 12.4. The van der Waals surface area contributed by atoms with Gasteiger partial charge in [-0.05, 0) is 6.92 Å². The minimum Gasteiger partial charge on any atom is -0.460 e. The highest BCUT2D eigenvalue weighted by Gasteiger charge is 2.33. The lowest BCUT2D eigenvalue weighted by molar-refractivity contribution is -0.140. The van der Waals surface area contributed by atoms with Gasteiger partial charge in [0.15, 0.2) is 0 Å². The van der Waals surface area contributed by atoms with Gasteiger partial charge in [-0.3, -0.25) is 0 Å². The second-order valence-corrected chi connectivity index (χ2v) is 3.39. The first-order valence-corrected chi connectivity index (χ1v) is 6.15. The van der Waals surface area contributed by atoms with Crippen LogP contribution in [0.25, 0.3) is 0 Å². The second kappa shape index (κ2) is 8.97. The zero-order valence-electron chi connectivity index (χ0n) is 10.1. The van der Waals surface area contributed by atoms with Crippen molar-refractivity contribution in [1.82, 2.24) is 4.41 Å². The Labute approximate surface area is 111 Å². The average molecular weight is 282 g/mol. The Morgan fingerprint density at radius 2 is 2.11 bits per heavy atom. The van der Waals surface area contributed by atoms with Gasteiger partial charge in [0.2, 0.25) is 0 Å². The van der Waals surface area contributed by atoms with Crippen LogP contribution in [0.15, 0.2) is 16.8 Å². The molecule has 0 aliphatic heterocycles. The molecular formula is C9H14AlF3N2O3. The smallest absolute Gasteiger partial charge is 0.418 e. The van der Waals surface area contributed by atoms with Gasteiger partial charge in [0, 0.05) is 12.7 Å². The highest BCUT2D eigenvalue weighted by Crippen LogP contribution is 2.23. The van der Waals surface area contributed by atoms with Gasteiger partial charge >= 0.3 is 28.7 Å². The first kappa shape index (κ1) is 17.0. The zero-order chi connectivity index (χ0) is 14.0. The van der Waals surface area contributed by atoms with E-state index < -0.39 is 17.7 Å². The number of carbonyl (C=O) groups is 1. The van der Waals surface area contributed by atoms with E-state index in [1.165, 1.54) is 0 Å². The number of halogens is 3. The summed E-state index contributed by atoms with van der Waals surface area (Å²) in [4.78, 5) is 11.1. The number of ether oxygens (including phenoxy) is 2. The van der Waals surface area contributed by atoms with Gasteiger partial charge in [-0.15, -0.1) is 0 Å². The number of nitrogens with zero attached hydrogens (tertiary/aromatic N) is 1. The fourth-order valence-corrected chi connectivity index (χ4v) is 0.970. The molecule has 1 N–H and O–H groups in total. The normalized spacial score (nSPS) is 12.8. The van der Waals surface area contributed by atoms with Crippen LogP contribution in [-0.2, 0) is 14.3 Å².